The smallest absolute Gasteiger partial charge is 0.279 e. The van der Waals surface area contributed by atoms with E-state index < -0.39 is 0 Å². The number of carbonyl (C=O) groups excluding carboxylic acids is 1. The van der Waals surface area contributed by atoms with Gasteiger partial charge >= 0.3 is 0 Å². The summed E-state index contributed by atoms with van der Waals surface area (Å²) < 4.78 is 14.1. The zero-order chi connectivity index (χ0) is 19.7. The van der Waals surface area contributed by atoms with Crippen LogP contribution in [0.4, 0.5) is 5.69 Å². The molecule has 2 heterocycles. The maximum absolute atomic E-state index is 12.7. The van der Waals surface area contributed by atoms with Gasteiger partial charge in [0.05, 0.1) is 16.8 Å². The minimum absolute atomic E-state index is 0.306. The summed E-state index contributed by atoms with van der Waals surface area (Å²) in [5.74, 6) is 3.71. The number of fused-ring (bicyclic) bond motifs is 2. The van der Waals surface area contributed by atoms with Gasteiger partial charge in [0.15, 0.2) is 16.3 Å². The molecule has 142 valence electrons. The lowest BCUT2D eigenvalue weighted by atomic mass is 10.2. The zero-order valence-electron chi connectivity index (χ0n) is 15.6. The number of nitrogens with zero attached hydrogens (tertiary/aromatic N) is 3. The number of hydrogen-bond acceptors (Lipinski definition) is 5. The number of rotatable bonds is 3. The van der Waals surface area contributed by atoms with Gasteiger partial charge in [-0.05, 0) is 24.3 Å². The first-order chi connectivity index (χ1) is 13.6. The average molecular weight is 393 g/mol. The third kappa shape index (κ3) is 3.35. The Hall–Kier alpha value is -3.24. The van der Waals surface area contributed by atoms with Gasteiger partial charge in [0.25, 0.3) is 5.91 Å². The lowest BCUT2D eigenvalue weighted by Crippen LogP contribution is -2.17. The van der Waals surface area contributed by atoms with Crippen molar-refractivity contribution in [2.24, 2.45) is 4.99 Å². The van der Waals surface area contributed by atoms with Crippen molar-refractivity contribution in [1.29, 1.82) is 0 Å². The summed E-state index contributed by atoms with van der Waals surface area (Å²) in [5.41, 5.74) is 2.43. The van der Waals surface area contributed by atoms with Gasteiger partial charge in [-0.25, -0.2) is 0 Å². The molecule has 2 aromatic carbocycles. The Bertz CT molecular complexity index is 1150. The predicted molar refractivity (Wildman–Crippen MR) is 110 cm³/mol. The molecule has 7 heteroatoms. The second-order valence-electron chi connectivity index (χ2n) is 6.50. The molecule has 1 aliphatic heterocycles. The van der Waals surface area contributed by atoms with Crippen LogP contribution in [0.25, 0.3) is 10.2 Å². The van der Waals surface area contributed by atoms with Crippen molar-refractivity contribution in [2.45, 2.75) is 6.54 Å². The molecule has 0 bridgehead atoms. The fourth-order valence-electron chi connectivity index (χ4n) is 2.99. The Balaban J connectivity index is 1.79. The number of hydrogen-bond donors (Lipinski definition) is 0. The lowest BCUT2D eigenvalue weighted by molar-refractivity contribution is 0.0998. The lowest BCUT2D eigenvalue weighted by Gasteiger charge is -2.18. The van der Waals surface area contributed by atoms with Gasteiger partial charge in [-0.1, -0.05) is 17.3 Å². The SMILES string of the molecule is C#CCn1c(=NC(=O)c2ccc(N(C)C)cc2)sc2cc3c(cc21)OCCO3. The highest BCUT2D eigenvalue weighted by Gasteiger charge is 2.16. The van der Waals surface area contributed by atoms with Gasteiger partial charge in [-0.15, -0.1) is 6.42 Å². The molecule has 0 radical (unpaired) electrons. The molecule has 28 heavy (non-hydrogen) atoms. The van der Waals surface area contributed by atoms with E-state index in [1.54, 1.807) is 12.1 Å². The molecule has 0 N–H and O–H groups in total. The first-order valence-electron chi connectivity index (χ1n) is 8.79. The molecule has 0 unspecified atom stereocenters. The molecule has 0 spiro atoms. The largest absolute Gasteiger partial charge is 0.486 e. The Labute approximate surface area is 166 Å². The topological polar surface area (TPSA) is 56.1 Å². The number of amides is 1. The highest BCUT2D eigenvalue weighted by atomic mass is 32.1. The summed E-state index contributed by atoms with van der Waals surface area (Å²) in [6.45, 7) is 1.34. The summed E-state index contributed by atoms with van der Waals surface area (Å²) in [6, 6.07) is 11.2. The Kier molecular flexibility index (Phi) is 4.80. The van der Waals surface area contributed by atoms with Crippen LogP contribution < -0.4 is 19.2 Å². The summed E-state index contributed by atoms with van der Waals surface area (Å²) in [5, 5.41) is 0. The number of ether oxygens (including phenoxy) is 2. The second-order valence-corrected chi connectivity index (χ2v) is 7.51. The molecule has 0 atom stereocenters. The number of aromatic nitrogens is 1. The average Bonchev–Trinajstić information content (AvgIpc) is 3.02. The molecule has 0 aliphatic carbocycles. The van der Waals surface area contributed by atoms with E-state index in [1.807, 2.05) is 47.8 Å². The van der Waals surface area contributed by atoms with Crippen LogP contribution in [0.15, 0.2) is 41.4 Å². The van der Waals surface area contributed by atoms with Crippen LogP contribution in [0, 0.1) is 12.3 Å². The summed E-state index contributed by atoms with van der Waals surface area (Å²) in [4.78, 5) is 19.6. The summed E-state index contributed by atoms with van der Waals surface area (Å²) in [6.07, 6.45) is 5.55. The third-order valence-electron chi connectivity index (χ3n) is 4.42. The van der Waals surface area contributed by atoms with Crippen molar-refractivity contribution in [1.82, 2.24) is 4.57 Å². The highest BCUT2D eigenvalue weighted by Crippen LogP contribution is 2.35. The van der Waals surface area contributed by atoms with E-state index in [4.69, 9.17) is 15.9 Å². The summed E-state index contributed by atoms with van der Waals surface area (Å²) in [7, 11) is 3.91. The van der Waals surface area contributed by atoms with Crippen LogP contribution in [0.1, 0.15) is 10.4 Å². The number of terminal acetylenes is 1. The van der Waals surface area contributed by atoms with Crippen molar-refractivity contribution in [2.75, 3.05) is 32.2 Å². The van der Waals surface area contributed by atoms with Crippen molar-refractivity contribution < 1.29 is 14.3 Å². The van der Waals surface area contributed by atoms with E-state index in [0.717, 1.165) is 15.9 Å². The van der Waals surface area contributed by atoms with Gasteiger partial charge in [0, 0.05) is 37.5 Å². The van der Waals surface area contributed by atoms with Gasteiger partial charge in [-0.2, -0.15) is 4.99 Å². The third-order valence-corrected chi connectivity index (χ3v) is 5.47. The van der Waals surface area contributed by atoms with Crippen LogP contribution in [-0.2, 0) is 6.54 Å². The number of anilines is 1. The predicted octanol–water partition coefficient (Wildman–Crippen LogP) is 2.91. The Morgan fingerprint density at radius 3 is 2.54 bits per heavy atom. The molecular weight excluding hydrogens is 374 g/mol. The fraction of sp³-hybridized carbons (Fsp3) is 0.238. The normalized spacial score (nSPS) is 13.4. The molecule has 6 nitrogen and oxygen atoms in total. The second kappa shape index (κ2) is 7.41. The number of benzene rings is 2. The minimum atomic E-state index is -0.306. The van der Waals surface area contributed by atoms with E-state index in [0.29, 0.717) is 41.6 Å². The molecule has 1 aromatic heterocycles. The molecule has 0 fully saturated rings. The molecule has 0 saturated heterocycles. The van der Waals surface area contributed by atoms with Crippen LogP contribution in [-0.4, -0.2) is 37.8 Å². The first-order valence-corrected chi connectivity index (χ1v) is 9.61. The number of thiazole rings is 1. The number of carbonyl (C=O) groups is 1. The fourth-order valence-corrected chi connectivity index (χ4v) is 4.03. The Morgan fingerprint density at radius 1 is 1.21 bits per heavy atom. The van der Waals surface area contributed by atoms with Gasteiger partial charge < -0.3 is 18.9 Å². The van der Waals surface area contributed by atoms with E-state index in [-0.39, 0.29) is 5.91 Å². The zero-order valence-corrected chi connectivity index (χ0v) is 16.5. The molecule has 0 saturated carbocycles. The van der Waals surface area contributed by atoms with Gasteiger partial charge in [0.1, 0.15) is 13.2 Å². The van der Waals surface area contributed by atoms with E-state index in [1.165, 1.54) is 11.3 Å². The monoisotopic (exact) mass is 393 g/mol. The Morgan fingerprint density at radius 2 is 1.89 bits per heavy atom. The van der Waals surface area contributed by atoms with E-state index in [2.05, 4.69) is 10.9 Å². The molecule has 3 aromatic rings. The maximum Gasteiger partial charge on any atom is 0.279 e. The quantitative estimate of drug-likeness (QED) is 0.642. The maximum atomic E-state index is 12.7. The minimum Gasteiger partial charge on any atom is -0.486 e. The van der Waals surface area contributed by atoms with Crippen molar-refractivity contribution in [3.63, 3.8) is 0 Å². The van der Waals surface area contributed by atoms with Crippen LogP contribution in [0.3, 0.4) is 0 Å². The molecule has 4 rings (SSSR count). The van der Waals surface area contributed by atoms with Crippen LogP contribution in [0.5, 0.6) is 11.5 Å². The van der Waals surface area contributed by atoms with Crippen molar-refractivity contribution in [3.05, 3.63) is 46.8 Å². The summed E-state index contributed by atoms with van der Waals surface area (Å²) >= 11 is 1.40. The molecule has 1 amide bonds. The van der Waals surface area contributed by atoms with Gasteiger partial charge in [0.2, 0.25) is 0 Å². The molecule has 1 aliphatic rings. The molecular formula is C21H19N3O3S. The van der Waals surface area contributed by atoms with Crippen LogP contribution >= 0.6 is 11.3 Å². The van der Waals surface area contributed by atoms with Crippen LogP contribution in [0.2, 0.25) is 0 Å². The first kappa shape index (κ1) is 18.1. The van der Waals surface area contributed by atoms with Crippen molar-refractivity contribution >= 4 is 33.1 Å². The van der Waals surface area contributed by atoms with Crippen molar-refractivity contribution in [3.8, 4) is 23.8 Å². The van der Waals surface area contributed by atoms with Gasteiger partial charge in [-0.3, -0.25) is 4.79 Å². The standard InChI is InChI=1S/C21H19N3O3S/c1-4-9-24-16-12-17-18(27-11-10-26-17)13-19(16)28-21(24)22-20(25)14-5-7-15(8-6-14)23(2)3/h1,5-8,12-13H,9-11H2,2-3H3. The highest BCUT2D eigenvalue weighted by molar-refractivity contribution is 7.16. The van der Waals surface area contributed by atoms with E-state index >= 15 is 0 Å². The van der Waals surface area contributed by atoms with E-state index in [9.17, 15) is 4.79 Å².